The molecule has 3 atom stereocenters. The molecule has 4 aromatic carbocycles. The van der Waals surface area contributed by atoms with E-state index >= 15 is 0 Å². The van der Waals surface area contributed by atoms with Gasteiger partial charge in [-0.15, -0.1) is 11.6 Å². The molecule has 502 valence electrons. The number of ether oxygens (including phenoxy) is 5. The molecule has 25 nitrogen and oxygen atoms in total. The second kappa shape index (κ2) is 38.2. The van der Waals surface area contributed by atoms with Crippen LogP contribution < -0.4 is 35.2 Å². The molecule has 6 rings (SSSR count). The number of nitro groups is 1. The van der Waals surface area contributed by atoms with Crippen molar-refractivity contribution in [3.05, 3.63) is 122 Å². The molecule has 0 spiro atoms. The van der Waals surface area contributed by atoms with E-state index in [1.165, 1.54) is 6.92 Å². The predicted molar refractivity (Wildman–Crippen MR) is 341 cm³/mol. The van der Waals surface area contributed by atoms with Crippen molar-refractivity contribution in [2.75, 3.05) is 72.6 Å². The van der Waals surface area contributed by atoms with Gasteiger partial charge in [0, 0.05) is 31.3 Å². The van der Waals surface area contributed by atoms with Crippen molar-refractivity contribution in [1.82, 2.24) is 20.3 Å². The van der Waals surface area contributed by atoms with Gasteiger partial charge in [-0.1, -0.05) is 72.1 Å². The van der Waals surface area contributed by atoms with E-state index in [2.05, 4.69) is 43.9 Å². The smallest absolute Gasteiger partial charge is 0.416 e. The molecule has 6 N–H and O–H groups in total. The lowest BCUT2D eigenvalue weighted by Gasteiger charge is -2.35. The Morgan fingerprint density at radius 3 is 2.13 bits per heavy atom. The lowest BCUT2D eigenvalue weighted by atomic mass is 10.0. The fourth-order valence-electron chi connectivity index (χ4n) is 7.67. The van der Waals surface area contributed by atoms with E-state index in [4.69, 9.17) is 96.6 Å². The first-order valence-electron chi connectivity index (χ1n) is 27.3. The second-order valence-electron chi connectivity index (χ2n) is 20.1. The van der Waals surface area contributed by atoms with Gasteiger partial charge < -0.3 is 59.0 Å². The largest absolute Gasteiger partial charge is 0.489 e. The van der Waals surface area contributed by atoms with Gasteiger partial charge in [0.25, 0.3) is 11.6 Å². The predicted octanol–water partition coefficient (Wildman–Crippen LogP) is 11.9. The van der Waals surface area contributed by atoms with Gasteiger partial charge in [-0.2, -0.15) is 28.1 Å². The van der Waals surface area contributed by atoms with Gasteiger partial charge in [-0.3, -0.25) is 34.4 Å². The summed E-state index contributed by atoms with van der Waals surface area (Å²) in [6.07, 6.45) is -5.66. The van der Waals surface area contributed by atoms with E-state index in [-0.39, 0.29) is 63.7 Å². The molecular weight excluding hydrogens is 1330 g/mol. The van der Waals surface area contributed by atoms with E-state index in [0.717, 1.165) is 65.8 Å². The number of nitrogens with one attached hydrogen (secondary N) is 3. The highest BCUT2D eigenvalue weighted by atomic mass is 35.5. The molecule has 0 aliphatic carbocycles. The van der Waals surface area contributed by atoms with Crippen molar-refractivity contribution in [1.29, 1.82) is 0 Å². The van der Waals surface area contributed by atoms with Crippen molar-refractivity contribution in [2.24, 2.45) is 0 Å². The van der Waals surface area contributed by atoms with Gasteiger partial charge in [0.2, 0.25) is 23.1 Å². The Morgan fingerprint density at radius 1 is 0.945 bits per heavy atom. The number of carboxylic acid groups (broad SMARTS) is 1. The van der Waals surface area contributed by atoms with Crippen molar-refractivity contribution in [3.63, 3.8) is 0 Å². The molecule has 0 bridgehead atoms. The number of nitrogens with zero attached hydrogens (tertiary/aromatic N) is 6. The molecular formula is C57H72Cl5F3N9O16P. The van der Waals surface area contributed by atoms with Crippen LogP contribution in [0, 0.1) is 17.0 Å². The van der Waals surface area contributed by atoms with E-state index in [0.29, 0.717) is 36.9 Å². The summed E-state index contributed by atoms with van der Waals surface area (Å²) in [7, 11) is -2.46. The Kier molecular flexibility index (Phi) is 33.7. The normalized spacial score (nSPS) is 13.2. The van der Waals surface area contributed by atoms with Crippen molar-refractivity contribution in [3.8, 4) is 17.2 Å². The van der Waals surface area contributed by atoms with Gasteiger partial charge in [-0.25, -0.2) is 9.59 Å². The Balaban J connectivity index is 0.000000409. The van der Waals surface area contributed by atoms with E-state index in [1.54, 1.807) is 23.8 Å². The maximum atomic E-state index is 12.8. The first-order valence-corrected chi connectivity index (χ1v) is 31.3. The number of amides is 2. The van der Waals surface area contributed by atoms with Gasteiger partial charge in [0.15, 0.2) is 10.9 Å². The van der Waals surface area contributed by atoms with Crippen LogP contribution in [0.3, 0.4) is 0 Å². The Hall–Kier alpha value is -6.85. The molecule has 0 saturated heterocycles. The molecule has 0 fully saturated rings. The van der Waals surface area contributed by atoms with Crippen LogP contribution in [0.2, 0.25) is 10.3 Å². The number of aliphatic carboxylic acids is 1. The molecule has 2 heterocycles. The second-order valence-corrected chi connectivity index (χ2v) is 23.8. The summed E-state index contributed by atoms with van der Waals surface area (Å²) >= 11 is 28.6. The number of aromatic nitrogens is 3. The maximum Gasteiger partial charge on any atom is 0.416 e. The molecule has 1 aliphatic heterocycles. The fraction of sp³-hybridized carbons (Fsp3) is 0.439. The standard InChI is InChI=1S/C19H15ClF3NO7.C15H22ClNO2.C11H11Cl2NO2.C9H16ClN5.C3H8NO5P/c1-3-29-17(25)10(2)30-18(26)13-9-12(5-6-15(13)24(27)28)31-16-7-4-11(8-14(16)20)19(21,22)23;1-5-13-8-6-7-11(2)15(13)17(14(18)9-16)12(3)10-19-4;1-7-6-16-9-5-3-2-4-8(9)14(7)11(15)10(12)13;1-5-11-7-12-6(10)13-8(14-7)15-9(2,3)4;5-3(6)1-4-2-10(7,8)9/h4-10H,3H2,1-2H3;6-8,12H,5,9-10H2,1-4H3;2-5,7,10H,6H2,1H3;5H2,1-4H3,(H2,11,12,13,14,15);4H,1-2H2,(H,5,6)(H2,7,8,9). The number of fused-ring (bicyclic) bond motifs is 1. The van der Waals surface area contributed by atoms with Crippen LogP contribution in [0.1, 0.15) is 89.4 Å². The van der Waals surface area contributed by atoms with E-state index in [9.17, 15) is 51.8 Å². The average Bonchev–Trinajstić information content (AvgIpc) is 0.843. The summed E-state index contributed by atoms with van der Waals surface area (Å²) in [6, 6.07) is 18.7. The number of rotatable bonds is 21. The Bertz CT molecular complexity index is 3300. The van der Waals surface area contributed by atoms with Gasteiger partial charge in [-0.05, 0) is 128 Å². The molecule has 1 aliphatic rings. The zero-order valence-corrected chi connectivity index (χ0v) is 55.9. The number of hydrogen-bond donors (Lipinski definition) is 6. The average molecular weight is 1400 g/mol. The number of aryl methyl sites for hydroxylation is 2. The minimum absolute atomic E-state index is 0.0223. The number of halogens is 8. The highest BCUT2D eigenvalue weighted by molar-refractivity contribution is 7.51. The highest BCUT2D eigenvalue weighted by Crippen LogP contribution is 2.38. The number of para-hydroxylation sites is 3. The first-order chi connectivity index (χ1) is 42.4. The van der Waals surface area contributed by atoms with Crippen LogP contribution in [-0.4, -0.2) is 145 Å². The zero-order valence-electron chi connectivity index (χ0n) is 51.3. The number of esters is 2. The summed E-state index contributed by atoms with van der Waals surface area (Å²) in [4.78, 5) is 99.0. The zero-order chi connectivity index (χ0) is 69.1. The number of carbonyl (C=O) groups excluding carboxylic acids is 4. The Morgan fingerprint density at radius 2 is 1.59 bits per heavy atom. The molecule has 3 unspecified atom stereocenters. The van der Waals surface area contributed by atoms with Gasteiger partial charge >= 0.3 is 31.7 Å². The fourth-order valence-corrected chi connectivity index (χ4v) is 8.79. The van der Waals surface area contributed by atoms with Crippen molar-refractivity contribution >= 4 is 124 Å². The number of carbonyl (C=O) groups is 5. The Labute approximate surface area is 548 Å². The molecule has 1 aromatic heterocycles. The number of alkyl halides is 6. The molecule has 0 saturated carbocycles. The van der Waals surface area contributed by atoms with Crippen LogP contribution >= 0.6 is 65.6 Å². The van der Waals surface area contributed by atoms with Gasteiger partial charge in [0.05, 0.1) is 65.0 Å². The third-order valence-electron chi connectivity index (χ3n) is 11.4. The molecule has 0 radical (unpaired) electrons. The number of anilines is 4. The van der Waals surface area contributed by atoms with E-state index in [1.807, 2.05) is 84.9 Å². The molecule has 91 heavy (non-hydrogen) atoms. The minimum atomic E-state index is -4.61. The number of benzene rings is 4. The number of carboxylic acids is 1. The SMILES string of the molecule is CC1COc2ccccc2N1C(=O)C(Cl)Cl.CCNc1nc(Cl)nc(NC(C)(C)C)n1.CCOC(=O)C(C)OC(=O)c1cc(Oc2ccc(C(F)(F)F)cc2Cl)ccc1[N+](=O)[O-].CCc1cccc(C)c1N(C(=O)CCl)C(C)COC.O=C(O)CNCP(=O)(O)O. The molecule has 2 amide bonds. The number of methoxy groups -OCH3 is 1. The lowest BCUT2D eigenvalue weighted by Crippen LogP contribution is -2.47. The third kappa shape index (κ3) is 27.9. The van der Waals surface area contributed by atoms with Crippen molar-refractivity contribution < 1.29 is 85.2 Å². The topological polar surface area (TPSA) is 334 Å². The lowest BCUT2D eigenvalue weighted by molar-refractivity contribution is -0.385. The van der Waals surface area contributed by atoms with Gasteiger partial charge in [0.1, 0.15) is 35.3 Å². The van der Waals surface area contributed by atoms with Crippen LogP contribution in [0.25, 0.3) is 0 Å². The number of nitro benzene ring substituents is 1. The summed E-state index contributed by atoms with van der Waals surface area (Å²) < 4.78 is 74.0. The first kappa shape index (κ1) is 80.2. The molecule has 5 aromatic rings. The highest BCUT2D eigenvalue weighted by Gasteiger charge is 2.34. The van der Waals surface area contributed by atoms with Crippen molar-refractivity contribution in [2.45, 2.75) is 110 Å². The minimum Gasteiger partial charge on any atom is -0.489 e. The molecule has 34 heteroatoms. The summed E-state index contributed by atoms with van der Waals surface area (Å²) in [6.45, 7) is 20.1. The monoisotopic (exact) mass is 1400 g/mol. The summed E-state index contributed by atoms with van der Waals surface area (Å²) in [5.41, 5.74) is 1.66. The maximum absolute atomic E-state index is 12.8. The summed E-state index contributed by atoms with van der Waals surface area (Å²) in [5, 5.41) is 27.2. The van der Waals surface area contributed by atoms with Crippen LogP contribution in [-0.2, 0) is 50.6 Å². The third-order valence-corrected chi connectivity index (χ3v) is 13.1. The van der Waals surface area contributed by atoms with E-state index < -0.39 is 77.2 Å². The van der Waals surface area contributed by atoms with Crippen LogP contribution in [0.15, 0.2) is 78.9 Å². The quantitative estimate of drug-likeness (QED) is 0.0131. The number of hydrogen-bond acceptors (Lipinski definition) is 19. The van der Waals surface area contributed by atoms with Crippen LogP contribution in [0.5, 0.6) is 17.2 Å². The summed E-state index contributed by atoms with van der Waals surface area (Å²) in [5.74, 6) is -2.27. The van der Waals surface area contributed by atoms with Crippen LogP contribution in [0.4, 0.5) is 42.1 Å².